The maximum absolute atomic E-state index is 12.4. The number of fused-ring (bicyclic) bond motifs is 1. The summed E-state index contributed by atoms with van der Waals surface area (Å²) in [6.45, 7) is 3.51. The minimum Gasteiger partial charge on any atom is -0.480 e. The lowest BCUT2D eigenvalue weighted by atomic mass is 9.84. The molecular weight excluding hydrogens is 370 g/mol. The third-order valence-corrected chi connectivity index (χ3v) is 6.34. The van der Waals surface area contributed by atoms with E-state index in [-0.39, 0.29) is 24.4 Å². The first-order chi connectivity index (χ1) is 13.9. The van der Waals surface area contributed by atoms with Crippen molar-refractivity contribution in [3.63, 3.8) is 0 Å². The molecule has 2 amide bonds. The molecule has 7 heteroatoms. The fourth-order valence-electron chi connectivity index (χ4n) is 4.42. The Labute approximate surface area is 171 Å². The third kappa shape index (κ3) is 4.51. The average molecular weight is 399 g/mol. The van der Waals surface area contributed by atoms with Gasteiger partial charge in [0.05, 0.1) is 17.7 Å². The van der Waals surface area contributed by atoms with Gasteiger partial charge in [0.1, 0.15) is 0 Å². The van der Waals surface area contributed by atoms with Crippen molar-refractivity contribution in [2.75, 3.05) is 19.6 Å². The van der Waals surface area contributed by atoms with Crippen molar-refractivity contribution < 1.29 is 19.5 Å². The van der Waals surface area contributed by atoms with Crippen LogP contribution in [0.4, 0.5) is 0 Å². The highest BCUT2D eigenvalue weighted by Crippen LogP contribution is 2.34. The zero-order valence-electron chi connectivity index (χ0n) is 16.8. The molecule has 156 valence electrons. The molecule has 1 aromatic carbocycles. The van der Waals surface area contributed by atoms with Crippen LogP contribution >= 0.6 is 0 Å². The highest BCUT2D eigenvalue weighted by atomic mass is 16.4. The Hall–Kier alpha value is -2.25. The molecule has 0 bridgehead atoms. The van der Waals surface area contributed by atoms with Crippen molar-refractivity contribution in [1.29, 1.82) is 0 Å². The van der Waals surface area contributed by atoms with Crippen molar-refractivity contribution in [3.8, 4) is 0 Å². The van der Waals surface area contributed by atoms with Gasteiger partial charge in [0.2, 0.25) is 0 Å². The predicted octanol–water partition coefficient (Wildman–Crippen LogP) is 1.98. The zero-order chi connectivity index (χ0) is 20.5. The number of hydrogen-bond donors (Lipinski definition) is 2. The van der Waals surface area contributed by atoms with Gasteiger partial charge in [-0.1, -0.05) is 12.1 Å². The van der Waals surface area contributed by atoms with E-state index >= 15 is 0 Å². The average Bonchev–Trinajstić information content (AvgIpc) is 3.43. The molecule has 2 fully saturated rings. The number of hydrogen-bond acceptors (Lipinski definition) is 5. The second kappa shape index (κ2) is 8.24. The summed E-state index contributed by atoms with van der Waals surface area (Å²) in [5.74, 6) is -0.479. The van der Waals surface area contributed by atoms with Crippen LogP contribution in [-0.4, -0.2) is 70.4 Å². The van der Waals surface area contributed by atoms with E-state index in [1.807, 2.05) is 0 Å². The van der Waals surface area contributed by atoms with E-state index in [9.17, 15) is 14.4 Å². The number of carbonyl (C=O) groups is 3. The van der Waals surface area contributed by atoms with Crippen molar-refractivity contribution in [2.45, 2.75) is 57.2 Å². The fourth-order valence-corrected chi connectivity index (χ4v) is 4.42. The number of aliphatic carboxylic acids is 1. The molecule has 3 aliphatic rings. The van der Waals surface area contributed by atoms with Crippen molar-refractivity contribution in [1.82, 2.24) is 15.1 Å². The number of imide groups is 1. The number of nitrogens with zero attached hydrogens (tertiary/aromatic N) is 2. The molecule has 4 rings (SSSR count). The van der Waals surface area contributed by atoms with Crippen LogP contribution in [0.5, 0.6) is 0 Å². The van der Waals surface area contributed by atoms with Gasteiger partial charge in [-0.25, -0.2) is 0 Å². The van der Waals surface area contributed by atoms with E-state index in [4.69, 9.17) is 5.11 Å². The fraction of sp³-hybridized carbons (Fsp3) is 0.591. The van der Waals surface area contributed by atoms with Gasteiger partial charge in [0.25, 0.3) is 11.8 Å². The summed E-state index contributed by atoms with van der Waals surface area (Å²) in [7, 11) is 0. The Kier molecular flexibility index (Phi) is 5.69. The Bertz CT molecular complexity index is 766. The van der Waals surface area contributed by atoms with E-state index in [0.29, 0.717) is 42.1 Å². The van der Waals surface area contributed by atoms with Gasteiger partial charge < -0.3 is 10.4 Å². The molecule has 29 heavy (non-hydrogen) atoms. The lowest BCUT2D eigenvalue weighted by Gasteiger charge is -2.44. The van der Waals surface area contributed by atoms with Crippen LogP contribution in [0, 0.1) is 5.92 Å². The van der Waals surface area contributed by atoms with Crippen LogP contribution < -0.4 is 5.32 Å². The lowest BCUT2D eigenvalue weighted by Crippen LogP contribution is -2.56. The van der Waals surface area contributed by atoms with Crippen LogP contribution in [0.3, 0.4) is 0 Å². The van der Waals surface area contributed by atoms with E-state index in [1.165, 1.54) is 17.7 Å². The Morgan fingerprint density at radius 2 is 1.83 bits per heavy atom. The second-order valence-corrected chi connectivity index (χ2v) is 8.75. The largest absolute Gasteiger partial charge is 0.480 e. The van der Waals surface area contributed by atoms with Crippen molar-refractivity contribution in [3.05, 3.63) is 35.4 Å². The number of benzene rings is 1. The molecule has 1 aliphatic heterocycles. The summed E-state index contributed by atoms with van der Waals surface area (Å²) in [4.78, 5) is 39.5. The van der Waals surface area contributed by atoms with Crippen LogP contribution in [0.1, 0.15) is 59.7 Å². The summed E-state index contributed by atoms with van der Waals surface area (Å²) in [6.07, 6.45) is 5.06. The summed E-state index contributed by atoms with van der Waals surface area (Å²) in [5, 5.41) is 12.7. The maximum Gasteiger partial charge on any atom is 0.317 e. The number of amides is 2. The van der Waals surface area contributed by atoms with E-state index in [2.05, 4.69) is 17.1 Å². The van der Waals surface area contributed by atoms with Gasteiger partial charge >= 0.3 is 5.97 Å². The number of carboxylic acids is 1. The maximum atomic E-state index is 12.4. The lowest BCUT2D eigenvalue weighted by molar-refractivity contribution is -0.139. The minimum atomic E-state index is -0.753. The topological polar surface area (TPSA) is 90.0 Å². The van der Waals surface area contributed by atoms with E-state index in [0.717, 1.165) is 19.4 Å². The molecule has 0 saturated heterocycles. The molecule has 0 radical (unpaired) electrons. The molecule has 1 heterocycles. The normalized spacial score (nSPS) is 24.6. The molecular formula is C22H29N3O4. The van der Waals surface area contributed by atoms with Crippen LogP contribution in [0.15, 0.2) is 24.3 Å². The van der Waals surface area contributed by atoms with Gasteiger partial charge in [-0.05, 0) is 57.1 Å². The van der Waals surface area contributed by atoms with Crippen LogP contribution in [0.2, 0.25) is 0 Å². The molecule has 2 aliphatic carbocycles. The smallest absolute Gasteiger partial charge is 0.317 e. The van der Waals surface area contributed by atoms with Gasteiger partial charge in [-0.3, -0.25) is 24.2 Å². The summed E-state index contributed by atoms with van der Waals surface area (Å²) in [6, 6.07) is 7.86. The Balaban J connectivity index is 1.21. The standard InChI is InChI=1S/C22H29N3O4/c1-14(8-9-25-21(28)18-4-2-3-5-19(18)22(25)29)23-16-10-17(11-16)24(13-20(26)27)12-15-6-7-15/h2-5,14-17,23H,6-13H2,1H3,(H,26,27). The second-order valence-electron chi connectivity index (χ2n) is 8.75. The van der Waals surface area contributed by atoms with Gasteiger partial charge in [0.15, 0.2) is 0 Å². The first-order valence-corrected chi connectivity index (χ1v) is 10.6. The van der Waals surface area contributed by atoms with Crippen LogP contribution in [-0.2, 0) is 4.79 Å². The molecule has 7 nitrogen and oxygen atoms in total. The highest BCUT2D eigenvalue weighted by molar-refractivity contribution is 6.21. The zero-order valence-corrected chi connectivity index (χ0v) is 16.8. The molecule has 1 aromatic rings. The minimum absolute atomic E-state index is 0.128. The van der Waals surface area contributed by atoms with Crippen molar-refractivity contribution in [2.24, 2.45) is 5.92 Å². The van der Waals surface area contributed by atoms with Gasteiger partial charge in [-0.15, -0.1) is 0 Å². The summed E-state index contributed by atoms with van der Waals surface area (Å²) in [5.41, 5.74) is 0.989. The molecule has 0 spiro atoms. The van der Waals surface area contributed by atoms with E-state index in [1.54, 1.807) is 24.3 Å². The summed E-state index contributed by atoms with van der Waals surface area (Å²) >= 11 is 0. The summed E-state index contributed by atoms with van der Waals surface area (Å²) < 4.78 is 0. The Morgan fingerprint density at radius 1 is 1.21 bits per heavy atom. The molecule has 1 unspecified atom stereocenters. The first-order valence-electron chi connectivity index (χ1n) is 10.6. The highest BCUT2D eigenvalue weighted by Gasteiger charge is 2.38. The molecule has 1 atom stereocenters. The quantitative estimate of drug-likeness (QED) is 0.585. The first kappa shape index (κ1) is 20.0. The SMILES string of the molecule is CC(CCN1C(=O)c2ccccc2C1=O)NC1CC(N(CC(=O)O)CC2CC2)C1. The molecule has 0 aromatic heterocycles. The molecule has 2 N–H and O–H groups in total. The third-order valence-electron chi connectivity index (χ3n) is 6.34. The van der Waals surface area contributed by atoms with Gasteiger partial charge in [-0.2, -0.15) is 0 Å². The molecule has 2 saturated carbocycles. The number of carbonyl (C=O) groups excluding carboxylic acids is 2. The monoisotopic (exact) mass is 399 g/mol. The van der Waals surface area contributed by atoms with Gasteiger partial charge in [0, 0.05) is 31.2 Å². The number of rotatable bonds is 10. The predicted molar refractivity (Wildman–Crippen MR) is 108 cm³/mol. The van der Waals surface area contributed by atoms with Crippen molar-refractivity contribution >= 4 is 17.8 Å². The number of nitrogens with one attached hydrogen (secondary N) is 1. The van der Waals surface area contributed by atoms with E-state index < -0.39 is 5.97 Å². The Morgan fingerprint density at radius 3 is 2.38 bits per heavy atom. The van der Waals surface area contributed by atoms with Crippen LogP contribution in [0.25, 0.3) is 0 Å². The number of carboxylic acid groups (broad SMARTS) is 1.